The zero-order valence-corrected chi connectivity index (χ0v) is 12.7. The van der Waals surface area contributed by atoms with E-state index in [0.29, 0.717) is 6.54 Å². The lowest BCUT2D eigenvalue weighted by Crippen LogP contribution is -2.35. The van der Waals surface area contributed by atoms with Gasteiger partial charge in [-0.25, -0.2) is 4.98 Å². The first-order valence-electron chi connectivity index (χ1n) is 7.16. The molecular weight excluding hydrogens is 250 g/mol. The molecule has 1 aromatic heterocycles. The SMILES string of the molecule is CCCn1c(CNC(=O)C(C)(C)C)nc2ccccc21. The highest BCUT2D eigenvalue weighted by Gasteiger charge is 2.21. The van der Waals surface area contributed by atoms with Gasteiger partial charge in [-0.2, -0.15) is 0 Å². The number of nitrogens with one attached hydrogen (secondary N) is 1. The van der Waals surface area contributed by atoms with Crippen molar-refractivity contribution < 1.29 is 4.79 Å². The molecule has 0 aliphatic rings. The summed E-state index contributed by atoms with van der Waals surface area (Å²) < 4.78 is 2.19. The maximum absolute atomic E-state index is 12.0. The largest absolute Gasteiger partial charge is 0.348 e. The monoisotopic (exact) mass is 273 g/mol. The van der Waals surface area contributed by atoms with E-state index in [0.717, 1.165) is 29.8 Å². The quantitative estimate of drug-likeness (QED) is 0.930. The molecule has 0 saturated heterocycles. The summed E-state index contributed by atoms with van der Waals surface area (Å²) in [5, 5.41) is 2.98. The standard InChI is InChI=1S/C16H23N3O/c1-5-10-19-13-9-7-6-8-12(13)18-14(19)11-17-15(20)16(2,3)4/h6-9H,5,10-11H2,1-4H3,(H,17,20). The van der Waals surface area contributed by atoms with Crippen LogP contribution in [-0.2, 0) is 17.9 Å². The van der Waals surface area contributed by atoms with Crippen LogP contribution in [0.15, 0.2) is 24.3 Å². The zero-order valence-electron chi connectivity index (χ0n) is 12.7. The van der Waals surface area contributed by atoms with Crippen LogP contribution in [0.1, 0.15) is 39.9 Å². The van der Waals surface area contributed by atoms with Crippen molar-refractivity contribution >= 4 is 16.9 Å². The van der Waals surface area contributed by atoms with E-state index in [1.165, 1.54) is 0 Å². The van der Waals surface area contributed by atoms with Gasteiger partial charge in [-0.05, 0) is 18.6 Å². The second kappa shape index (κ2) is 5.65. The summed E-state index contributed by atoms with van der Waals surface area (Å²) >= 11 is 0. The average molecular weight is 273 g/mol. The lowest BCUT2D eigenvalue weighted by atomic mass is 9.96. The van der Waals surface area contributed by atoms with Crippen LogP contribution in [0.4, 0.5) is 0 Å². The average Bonchev–Trinajstić information content (AvgIpc) is 2.74. The van der Waals surface area contributed by atoms with Gasteiger partial charge in [0.15, 0.2) is 0 Å². The van der Waals surface area contributed by atoms with E-state index in [2.05, 4.69) is 27.9 Å². The molecule has 4 heteroatoms. The molecule has 0 fully saturated rings. The van der Waals surface area contributed by atoms with Crippen molar-refractivity contribution in [2.24, 2.45) is 5.41 Å². The highest BCUT2D eigenvalue weighted by atomic mass is 16.2. The molecule has 0 saturated carbocycles. The molecule has 1 heterocycles. The van der Waals surface area contributed by atoms with E-state index in [1.807, 2.05) is 39.0 Å². The first kappa shape index (κ1) is 14.6. The van der Waals surface area contributed by atoms with Gasteiger partial charge in [-0.15, -0.1) is 0 Å². The number of para-hydroxylation sites is 2. The topological polar surface area (TPSA) is 46.9 Å². The summed E-state index contributed by atoms with van der Waals surface area (Å²) in [4.78, 5) is 16.6. The van der Waals surface area contributed by atoms with Crippen molar-refractivity contribution in [2.75, 3.05) is 0 Å². The third-order valence-corrected chi connectivity index (χ3v) is 3.27. The summed E-state index contributed by atoms with van der Waals surface area (Å²) in [6.45, 7) is 9.28. The minimum atomic E-state index is -0.373. The van der Waals surface area contributed by atoms with Crippen LogP contribution in [0.25, 0.3) is 11.0 Å². The third kappa shape index (κ3) is 3.00. The van der Waals surface area contributed by atoms with Crippen molar-refractivity contribution in [1.82, 2.24) is 14.9 Å². The molecule has 108 valence electrons. The molecule has 0 spiro atoms. The Balaban J connectivity index is 2.25. The fourth-order valence-corrected chi connectivity index (χ4v) is 2.16. The smallest absolute Gasteiger partial charge is 0.225 e. The van der Waals surface area contributed by atoms with Crippen LogP contribution in [0.2, 0.25) is 0 Å². The number of imidazole rings is 1. The molecule has 0 aliphatic carbocycles. The molecule has 0 radical (unpaired) electrons. The van der Waals surface area contributed by atoms with Gasteiger partial charge in [-0.1, -0.05) is 39.8 Å². The molecule has 1 amide bonds. The molecule has 0 bridgehead atoms. The molecular formula is C16H23N3O. The lowest BCUT2D eigenvalue weighted by molar-refractivity contribution is -0.128. The summed E-state index contributed by atoms with van der Waals surface area (Å²) in [6.07, 6.45) is 1.04. The van der Waals surface area contributed by atoms with Crippen molar-refractivity contribution in [3.8, 4) is 0 Å². The van der Waals surface area contributed by atoms with Gasteiger partial charge in [-0.3, -0.25) is 4.79 Å². The predicted molar refractivity (Wildman–Crippen MR) is 81.3 cm³/mol. The molecule has 1 aromatic carbocycles. The number of carbonyl (C=O) groups is 1. The number of hydrogen-bond acceptors (Lipinski definition) is 2. The van der Waals surface area contributed by atoms with Crippen molar-refractivity contribution in [3.05, 3.63) is 30.1 Å². The Morgan fingerprint density at radius 3 is 2.65 bits per heavy atom. The Morgan fingerprint density at radius 1 is 1.30 bits per heavy atom. The van der Waals surface area contributed by atoms with Crippen molar-refractivity contribution in [2.45, 2.75) is 47.2 Å². The number of hydrogen-bond donors (Lipinski definition) is 1. The van der Waals surface area contributed by atoms with Gasteiger partial charge in [0.2, 0.25) is 5.91 Å². The van der Waals surface area contributed by atoms with E-state index >= 15 is 0 Å². The second-order valence-corrected chi connectivity index (χ2v) is 6.10. The van der Waals surface area contributed by atoms with Crippen LogP contribution < -0.4 is 5.32 Å². The second-order valence-electron chi connectivity index (χ2n) is 6.10. The number of fused-ring (bicyclic) bond motifs is 1. The van der Waals surface area contributed by atoms with Crippen LogP contribution in [0.5, 0.6) is 0 Å². The molecule has 0 aliphatic heterocycles. The number of aromatic nitrogens is 2. The molecule has 0 atom stereocenters. The van der Waals surface area contributed by atoms with Gasteiger partial charge >= 0.3 is 0 Å². The minimum Gasteiger partial charge on any atom is -0.348 e. The van der Waals surface area contributed by atoms with Crippen molar-refractivity contribution in [1.29, 1.82) is 0 Å². The van der Waals surface area contributed by atoms with Gasteiger partial charge in [0.1, 0.15) is 5.82 Å². The summed E-state index contributed by atoms with van der Waals surface area (Å²) in [6, 6.07) is 8.10. The molecule has 2 aromatic rings. The van der Waals surface area contributed by atoms with E-state index in [4.69, 9.17) is 0 Å². The summed E-state index contributed by atoms with van der Waals surface area (Å²) in [5.74, 6) is 0.971. The number of carbonyl (C=O) groups excluding carboxylic acids is 1. The molecule has 1 N–H and O–H groups in total. The van der Waals surface area contributed by atoms with E-state index in [1.54, 1.807) is 0 Å². The molecule has 4 nitrogen and oxygen atoms in total. The predicted octanol–water partition coefficient (Wildman–Crippen LogP) is 3.11. The molecule has 20 heavy (non-hydrogen) atoms. The third-order valence-electron chi connectivity index (χ3n) is 3.27. The van der Waals surface area contributed by atoms with Gasteiger partial charge < -0.3 is 9.88 Å². The van der Waals surface area contributed by atoms with Crippen LogP contribution in [0, 0.1) is 5.41 Å². The van der Waals surface area contributed by atoms with Crippen LogP contribution in [0.3, 0.4) is 0 Å². The molecule has 2 rings (SSSR count). The van der Waals surface area contributed by atoms with Gasteiger partial charge in [0, 0.05) is 12.0 Å². The van der Waals surface area contributed by atoms with E-state index < -0.39 is 0 Å². The number of nitrogens with zero attached hydrogens (tertiary/aromatic N) is 2. The lowest BCUT2D eigenvalue weighted by Gasteiger charge is -2.17. The van der Waals surface area contributed by atoms with Gasteiger partial charge in [0.05, 0.1) is 17.6 Å². The Labute approximate surface area is 120 Å². The minimum absolute atomic E-state index is 0.0487. The highest BCUT2D eigenvalue weighted by molar-refractivity contribution is 5.81. The number of benzene rings is 1. The molecule has 0 unspecified atom stereocenters. The Kier molecular flexibility index (Phi) is 4.12. The van der Waals surface area contributed by atoms with E-state index in [-0.39, 0.29) is 11.3 Å². The van der Waals surface area contributed by atoms with Crippen molar-refractivity contribution in [3.63, 3.8) is 0 Å². The number of aryl methyl sites for hydroxylation is 1. The summed E-state index contributed by atoms with van der Waals surface area (Å²) in [7, 11) is 0. The van der Waals surface area contributed by atoms with Gasteiger partial charge in [0.25, 0.3) is 0 Å². The zero-order chi connectivity index (χ0) is 14.8. The first-order chi connectivity index (χ1) is 9.43. The fourth-order valence-electron chi connectivity index (χ4n) is 2.16. The maximum Gasteiger partial charge on any atom is 0.225 e. The Hall–Kier alpha value is -1.84. The Morgan fingerprint density at radius 2 is 2.00 bits per heavy atom. The van der Waals surface area contributed by atoms with E-state index in [9.17, 15) is 4.79 Å². The number of amides is 1. The van der Waals surface area contributed by atoms with Crippen LogP contribution >= 0.6 is 0 Å². The first-order valence-corrected chi connectivity index (χ1v) is 7.16. The normalized spacial score (nSPS) is 11.8. The summed E-state index contributed by atoms with van der Waals surface area (Å²) in [5.41, 5.74) is 1.75. The maximum atomic E-state index is 12.0. The fraction of sp³-hybridized carbons (Fsp3) is 0.500. The van der Waals surface area contributed by atoms with Crippen LogP contribution in [-0.4, -0.2) is 15.5 Å². The Bertz CT molecular complexity index is 608. The number of rotatable bonds is 4. The highest BCUT2D eigenvalue weighted by Crippen LogP contribution is 2.17.